The maximum absolute atomic E-state index is 12.3. The number of carbonyl (C=O) groups excluding carboxylic acids is 1. The molecule has 0 radical (unpaired) electrons. The van der Waals surface area contributed by atoms with Gasteiger partial charge in [0.1, 0.15) is 5.75 Å². The van der Waals surface area contributed by atoms with Gasteiger partial charge in [0, 0.05) is 18.7 Å². The van der Waals surface area contributed by atoms with Crippen LogP contribution in [0.5, 0.6) is 5.75 Å². The van der Waals surface area contributed by atoms with Crippen LogP contribution in [0.3, 0.4) is 0 Å². The minimum atomic E-state index is -3.65. The van der Waals surface area contributed by atoms with E-state index in [-0.39, 0.29) is 29.2 Å². The van der Waals surface area contributed by atoms with Gasteiger partial charge >= 0.3 is 0 Å². The summed E-state index contributed by atoms with van der Waals surface area (Å²) in [6.45, 7) is 6.22. The zero-order valence-electron chi connectivity index (χ0n) is 16.1. The Bertz CT molecular complexity index is 868. The lowest BCUT2D eigenvalue weighted by Gasteiger charge is -2.19. The van der Waals surface area contributed by atoms with Crippen LogP contribution in [-0.2, 0) is 20.2 Å². The lowest BCUT2D eigenvalue weighted by atomic mass is 9.87. The van der Waals surface area contributed by atoms with Crippen LogP contribution >= 0.6 is 0 Å². The molecule has 7 heteroatoms. The van der Waals surface area contributed by atoms with Gasteiger partial charge in [0.15, 0.2) is 0 Å². The summed E-state index contributed by atoms with van der Waals surface area (Å²) in [6.07, 6.45) is 0.0331. The summed E-state index contributed by atoms with van der Waals surface area (Å²) in [4.78, 5) is 12.2. The Labute approximate surface area is 161 Å². The fourth-order valence-corrected chi connectivity index (χ4v) is 3.45. The molecule has 0 unspecified atom stereocenters. The second-order valence-electron chi connectivity index (χ2n) is 7.20. The molecule has 6 nitrogen and oxygen atoms in total. The predicted octanol–water partition coefficient (Wildman–Crippen LogP) is 3.30. The molecule has 0 spiro atoms. The second kappa shape index (κ2) is 8.54. The third-order valence-corrected chi connectivity index (χ3v) is 5.53. The summed E-state index contributed by atoms with van der Waals surface area (Å²) in [5.41, 5.74) is 1.64. The molecule has 2 N–H and O–H groups in total. The smallest absolute Gasteiger partial charge is 0.240 e. The molecule has 0 saturated heterocycles. The molecule has 0 aliphatic heterocycles. The fraction of sp³-hybridized carbons (Fsp3) is 0.350. The number of sulfonamides is 1. The van der Waals surface area contributed by atoms with Crippen LogP contribution in [0.1, 0.15) is 32.8 Å². The molecule has 2 rings (SSSR count). The van der Waals surface area contributed by atoms with Crippen molar-refractivity contribution in [2.24, 2.45) is 0 Å². The summed E-state index contributed by atoms with van der Waals surface area (Å²) in [6, 6.07) is 13.7. The number of amides is 1. The molecule has 0 atom stereocenters. The lowest BCUT2D eigenvalue weighted by Crippen LogP contribution is -2.28. The van der Waals surface area contributed by atoms with Gasteiger partial charge in [0.25, 0.3) is 0 Å². The highest BCUT2D eigenvalue weighted by atomic mass is 32.2. The molecule has 0 saturated carbocycles. The molecule has 0 bridgehead atoms. The van der Waals surface area contributed by atoms with Crippen molar-refractivity contribution in [1.82, 2.24) is 4.72 Å². The SMILES string of the molecule is COc1ccc(NC(=O)CCNS(=O)(=O)c2ccc(C(C)(C)C)cc2)cc1. The van der Waals surface area contributed by atoms with Gasteiger partial charge in [-0.25, -0.2) is 13.1 Å². The van der Waals surface area contributed by atoms with E-state index in [4.69, 9.17) is 4.74 Å². The van der Waals surface area contributed by atoms with Gasteiger partial charge < -0.3 is 10.1 Å². The van der Waals surface area contributed by atoms with Crippen LogP contribution in [-0.4, -0.2) is 28.0 Å². The van der Waals surface area contributed by atoms with E-state index in [1.54, 1.807) is 43.5 Å². The molecule has 2 aromatic carbocycles. The summed E-state index contributed by atoms with van der Waals surface area (Å²) < 4.78 is 32.2. The number of anilines is 1. The first kappa shape index (κ1) is 20.9. The van der Waals surface area contributed by atoms with E-state index < -0.39 is 10.0 Å². The largest absolute Gasteiger partial charge is 0.497 e. The summed E-state index contributed by atoms with van der Waals surface area (Å²) in [5.74, 6) is 0.421. The highest BCUT2D eigenvalue weighted by Gasteiger charge is 2.17. The zero-order valence-corrected chi connectivity index (χ0v) is 16.9. The van der Waals surface area contributed by atoms with E-state index in [1.165, 1.54) is 0 Å². The van der Waals surface area contributed by atoms with Crippen molar-refractivity contribution >= 4 is 21.6 Å². The molecule has 0 aliphatic rings. The lowest BCUT2D eigenvalue weighted by molar-refractivity contribution is -0.116. The van der Waals surface area contributed by atoms with Crippen LogP contribution in [0.15, 0.2) is 53.4 Å². The Balaban J connectivity index is 1.88. The number of benzene rings is 2. The van der Waals surface area contributed by atoms with Gasteiger partial charge in [-0.05, 0) is 47.4 Å². The number of hydrogen-bond acceptors (Lipinski definition) is 4. The van der Waals surface area contributed by atoms with Crippen molar-refractivity contribution in [2.75, 3.05) is 19.0 Å². The maximum atomic E-state index is 12.3. The number of ether oxygens (including phenoxy) is 1. The standard InChI is InChI=1S/C20H26N2O4S/c1-20(2,3)15-5-11-18(12-6-15)27(24,25)21-14-13-19(23)22-16-7-9-17(26-4)10-8-16/h5-12,21H,13-14H2,1-4H3,(H,22,23). The second-order valence-corrected chi connectivity index (χ2v) is 8.97. The molecular formula is C20H26N2O4S. The molecule has 0 fully saturated rings. The van der Waals surface area contributed by atoms with E-state index in [2.05, 4.69) is 30.8 Å². The number of methoxy groups -OCH3 is 1. The summed E-state index contributed by atoms with van der Waals surface area (Å²) in [5, 5.41) is 2.71. The first-order chi connectivity index (χ1) is 12.6. The van der Waals surface area contributed by atoms with Crippen LogP contribution < -0.4 is 14.8 Å². The van der Waals surface area contributed by atoms with Crippen molar-refractivity contribution in [1.29, 1.82) is 0 Å². The number of hydrogen-bond donors (Lipinski definition) is 2. The Kier molecular flexibility index (Phi) is 6.62. The minimum Gasteiger partial charge on any atom is -0.497 e. The molecule has 1 amide bonds. The zero-order chi connectivity index (χ0) is 20.1. The van der Waals surface area contributed by atoms with Crippen molar-refractivity contribution in [3.05, 3.63) is 54.1 Å². The Hall–Kier alpha value is -2.38. The van der Waals surface area contributed by atoms with Crippen molar-refractivity contribution in [2.45, 2.75) is 37.5 Å². The molecule has 0 aliphatic carbocycles. The minimum absolute atomic E-state index is 0.0192. The predicted molar refractivity (Wildman–Crippen MR) is 107 cm³/mol. The Morgan fingerprint density at radius 2 is 1.59 bits per heavy atom. The number of rotatable bonds is 7. The van der Waals surface area contributed by atoms with E-state index in [9.17, 15) is 13.2 Å². The fourth-order valence-electron chi connectivity index (χ4n) is 2.41. The molecule has 27 heavy (non-hydrogen) atoms. The molecule has 0 heterocycles. The van der Waals surface area contributed by atoms with E-state index in [0.29, 0.717) is 11.4 Å². The molecule has 2 aromatic rings. The van der Waals surface area contributed by atoms with E-state index in [1.807, 2.05) is 12.1 Å². The maximum Gasteiger partial charge on any atom is 0.240 e. The van der Waals surface area contributed by atoms with Gasteiger partial charge in [-0.1, -0.05) is 32.9 Å². The van der Waals surface area contributed by atoms with E-state index in [0.717, 1.165) is 5.56 Å². The normalized spacial score (nSPS) is 11.9. The monoisotopic (exact) mass is 390 g/mol. The van der Waals surface area contributed by atoms with E-state index >= 15 is 0 Å². The van der Waals surface area contributed by atoms with Gasteiger partial charge in [-0.15, -0.1) is 0 Å². The topological polar surface area (TPSA) is 84.5 Å². The van der Waals surface area contributed by atoms with Crippen LogP contribution in [0.4, 0.5) is 5.69 Å². The average molecular weight is 391 g/mol. The number of nitrogens with one attached hydrogen (secondary N) is 2. The Morgan fingerprint density at radius 3 is 2.11 bits per heavy atom. The molecular weight excluding hydrogens is 364 g/mol. The van der Waals surface area contributed by atoms with Crippen LogP contribution in [0.2, 0.25) is 0 Å². The average Bonchev–Trinajstić information content (AvgIpc) is 2.61. The highest BCUT2D eigenvalue weighted by molar-refractivity contribution is 7.89. The van der Waals surface area contributed by atoms with Crippen LogP contribution in [0, 0.1) is 0 Å². The van der Waals surface area contributed by atoms with Gasteiger partial charge in [-0.2, -0.15) is 0 Å². The van der Waals surface area contributed by atoms with Gasteiger partial charge in [0.2, 0.25) is 15.9 Å². The molecule has 0 aromatic heterocycles. The number of carbonyl (C=O) groups is 1. The van der Waals surface area contributed by atoms with Crippen molar-refractivity contribution in [3.8, 4) is 5.75 Å². The Morgan fingerprint density at radius 1 is 1.00 bits per heavy atom. The summed E-state index contributed by atoms with van der Waals surface area (Å²) in [7, 11) is -2.08. The summed E-state index contributed by atoms with van der Waals surface area (Å²) >= 11 is 0. The van der Waals surface area contributed by atoms with Gasteiger partial charge in [-0.3, -0.25) is 4.79 Å². The first-order valence-electron chi connectivity index (χ1n) is 8.66. The third-order valence-electron chi connectivity index (χ3n) is 4.05. The molecule has 146 valence electrons. The van der Waals surface area contributed by atoms with Crippen LogP contribution in [0.25, 0.3) is 0 Å². The third kappa shape index (κ3) is 6.08. The van der Waals surface area contributed by atoms with Gasteiger partial charge in [0.05, 0.1) is 12.0 Å². The first-order valence-corrected chi connectivity index (χ1v) is 10.1. The van der Waals surface area contributed by atoms with Crippen molar-refractivity contribution in [3.63, 3.8) is 0 Å². The quantitative estimate of drug-likeness (QED) is 0.760. The van der Waals surface area contributed by atoms with Crippen molar-refractivity contribution < 1.29 is 17.9 Å². The highest BCUT2D eigenvalue weighted by Crippen LogP contribution is 2.23.